The fourth-order valence-electron chi connectivity index (χ4n) is 1.56. The van der Waals surface area contributed by atoms with E-state index in [0.717, 1.165) is 0 Å². The summed E-state index contributed by atoms with van der Waals surface area (Å²) in [5.74, 6) is 0.308. The third-order valence-electron chi connectivity index (χ3n) is 3.19. The van der Waals surface area contributed by atoms with Crippen molar-refractivity contribution in [2.45, 2.75) is 31.2 Å². The second-order valence-corrected chi connectivity index (χ2v) is 7.06. The molecule has 0 bridgehead atoms. The molecule has 7 heteroatoms. The van der Waals surface area contributed by atoms with Gasteiger partial charge in [-0.3, -0.25) is 0 Å². The number of nitrogens with two attached hydrogens (primary N) is 1. The first-order chi connectivity index (χ1) is 9.28. The van der Waals surface area contributed by atoms with Crippen LogP contribution in [0.1, 0.15) is 26.0 Å². The predicted octanol–water partition coefficient (Wildman–Crippen LogP) is 0.947. The molecule has 0 saturated heterocycles. The van der Waals surface area contributed by atoms with E-state index in [1.165, 1.54) is 29.7 Å². The maximum atomic E-state index is 12.3. The summed E-state index contributed by atoms with van der Waals surface area (Å²) in [5, 5.41) is 8.65. The third kappa shape index (κ3) is 4.00. The molecule has 0 aliphatic heterocycles. The van der Waals surface area contributed by atoms with Crippen molar-refractivity contribution in [3.8, 4) is 6.07 Å². The van der Waals surface area contributed by atoms with Gasteiger partial charge in [-0.25, -0.2) is 17.7 Å². The molecule has 0 spiro atoms. The monoisotopic (exact) mass is 296 g/mol. The molecule has 0 amide bonds. The molecule has 1 aromatic rings. The highest BCUT2D eigenvalue weighted by Crippen LogP contribution is 2.14. The third-order valence-corrected chi connectivity index (χ3v) is 5.03. The van der Waals surface area contributed by atoms with Gasteiger partial charge in [0.1, 0.15) is 16.7 Å². The Kier molecular flexibility index (Phi) is 5.62. The van der Waals surface area contributed by atoms with Crippen molar-refractivity contribution in [1.29, 1.82) is 5.26 Å². The number of hydrogen-bond acceptors (Lipinski definition) is 5. The van der Waals surface area contributed by atoms with Crippen molar-refractivity contribution < 1.29 is 8.42 Å². The minimum Gasteiger partial charge on any atom is -0.327 e. The van der Waals surface area contributed by atoms with Gasteiger partial charge in [-0.2, -0.15) is 5.26 Å². The van der Waals surface area contributed by atoms with Crippen molar-refractivity contribution in [1.82, 2.24) is 9.29 Å². The van der Waals surface area contributed by atoms with E-state index in [1.807, 2.05) is 19.9 Å². The highest BCUT2D eigenvalue weighted by molar-refractivity contribution is 7.89. The summed E-state index contributed by atoms with van der Waals surface area (Å²) >= 11 is 0. The van der Waals surface area contributed by atoms with Gasteiger partial charge in [-0.15, -0.1) is 0 Å². The van der Waals surface area contributed by atoms with E-state index in [1.54, 1.807) is 0 Å². The van der Waals surface area contributed by atoms with Gasteiger partial charge in [-0.05, 0) is 24.5 Å². The summed E-state index contributed by atoms with van der Waals surface area (Å²) in [4.78, 5) is 3.86. The SMILES string of the molecule is CC(C)C(N)CCN(C)S(=O)(=O)c1ccc(C#N)nc1. The second kappa shape index (κ2) is 6.79. The molecule has 0 saturated carbocycles. The van der Waals surface area contributed by atoms with Gasteiger partial charge >= 0.3 is 0 Å². The van der Waals surface area contributed by atoms with Gasteiger partial charge in [0.2, 0.25) is 10.0 Å². The molecule has 110 valence electrons. The first kappa shape index (κ1) is 16.6. The van der Waals surface area contributed by atoms with Crippen molar-refractivity contribution in [3.63, 3.8) is 0 Å². The first-order valence-electron chi connectivity index (χ1n) is 6.37. The van der Waals surface area contributed by atoms with E-state index >= 15 is 0 Å². The fourth-order valence-corrected chi connectivity index (χ4v) is 2.69. The van der Waals surface area contributed by atoms with Crippen LogP contribution in [-0.2, 0) is 10.0 Å². The van der Waals surface area contributed by atoms with E-state index in [-0.39, 0.29) is 16.6 Å². The highest BCUT2D eigenvalue weighted by atomic mass is 32.2. The van der Waals surface area contributed by atoms with Crippen molar-refractivity contribution in [2.75, 3.05) is 13.6 Å². The fraction of sp³-hybridized carbons (Fsp3) is 0.538. The highest BCUT2D eigenvalue weighted by Gasteiger charge is 2.22. The van der Waals surface area contributed by atoms with Crippen LogP contribution in [0.25, 0.3) is 0 Å². The molecule has 1 unspecified atom stereocenters. The molecule has 2 N–H and O–H groups in total. The zero-order valence-corrected chi connectivity index (χ0v) is 12.8. The largest absolute Gasteiger partial charge is 0.327 e. The molecule has 1 atom stereocenters. The average molecular weight is 296 g/mol. The summed E-state index contributed by atoms with van der Waals surface area (Å²) in [5.41, 5.74) is 6.10. The Hall–Kier alpha value is -1.49. The molecule has 1 rings (SSSR count). The van der Waals surface area contributed by atoms with E-state index in [4.69, 9.17) is 11.0 Å². The maximum Gasteiger partial charge on any atom is 0.244 e. The predicted molar refractivity (Wildman–Crippen MR) is 76.2 cm³/mol. The quantitative estimate of drug-likeness (QED) is 0.842. The topological polar surface area (TPSA) is 100 Å². The molecule has 1 heterocycles. The molecular weight excluding hydrogens is 276 g/mol. The Morgan fingerprint density at radius 2 is 2.10 bits per heavy atom. The molecular formula is C13H20N4O2S. The van der Waals surface area contributed by atoms with Crippen molar-refractivity contribution in [3.05, 3.63) is 24.0 Å². The lowest BCUT2D eigenvalue weighted by molar-refractivity contribution is 0.397. The summed E-state index contributed by atoms with van der Waals surface area (Å²) in [7, 11) is -2.06. The average Bonchev–Trinajstić information content (AvgIpc) is 2.44. The van der Waals surface area contributed by atoms with E-state index in [9.17, 15) is 8.42 Å². The first-order valence-corrected chi connectivity index (χ1v) is 7.81. The van der Waals surface area contributed by atoms with Crippen LogP contribution in [0, 0.1) is 17.2 Å². The summed E-state index contributed by atoms with van der Waals surface area (Å²) in [6, 6.07) is 4.59. The lowest BCUT2D eigenvalue weighted by Crippen LogP contribution is -2.34. The van der Waals surface area contributed by atoms with Gasteiger partial charge < -0.3 is 5.73 Å². The zero-order chi connectivity index (χ0) is 15.3. The number of rotatable bonds is 6. The van der Waals surface area contributed by atoms with Crippen LogP contribution < -0.4 is 5.73 Å². The maximum absolute atomic E-state index is 12.3. The zero-order valence-electron chi connectivity index (χ0n) is 11.9. The van der Waals surface area contributed by atoms with Crippen LogP contribution >= 0.6 is 0 Å². The molecule has 0 aliphatic carbocycles. The van der Waals surface area contributed by atoms with Crippen LogP contribution in [0.3, 0.4) is 0 Å². The number of sulfonamides is 1. The van der Waals surface area contributed by atoms with E-state index in [0.29, 0.717) is 18.9 Å². The Labute approximate surface area is 120 Å². The van der Waals surface area contributed by atoms with Gasteiger partial charge in [-0.1, -0.05) is 13.8 Å². The Bertz CT molecular complexity index is 575. The molecule has 6 nitrogen and oxygen atoms in total. The normalized spacial score (nSPS) is 13.4. The Balaban J connectivity index is 2.79. The standard InChI is InChI=1S/C13H20N4O2S/c1-10(2)13(15)6-7-17(3)20(18,19)12-5-4-11(8-14)16-9-12/h4-5,9-10,13H,6-7,15H2,1-3H3. The summed E-state index contributed by atoms with van der Waals surface area (Å²) in [6.07, 6.45) is 1.80. The number of pyridine rings is 1. The van der Waals surface area contributed by atoms with Crippen molar-refractivity contribution in [2.24, 2.45) is 11.7 Å². The Morgan fingerprint density at radius 3 is 2.55 bits per heavy atom. The minimum atomic E-state index is -3.58. The Morgan fingerprint density at radius 1 is 1.45 bits per heavy atom. The molecule has 1 aromatic heterocycles. The molecule has 0 radical (unpaired) electrons. The second-order valence-electron chi connectivity index (χ2n) is 5.01. The van der Waals surface area contributed by atoms with Crippen LogP contribution in [0.4, 0.5) is 0 Å². The summed E-state index contributed by atoms with van der Waals surface area (Å²) in [6.45, 7) is 4.36. The van der Waals surface area contributed by atoms with Gasteiger partial charge in [0.25, 0.3) is 0 Å². The summed E-state index contributed by atoms with van der Waals surface area (Å²) < 4.78 is 25.8. The van der Waals surface area contributed by atoms with Crippen LogP contribution in [0.5, 0.6) is 0 Å². The van der Waals surface area contributed by atoms with Gasteiger partial charge in [0.05, 0.1) is 0 Å². The minimum absolute atomic E-state index is 0.0354. The van der Waals surface area contributed by atoms with Crippen LogP contribution in [0.15, 0.2) is 23.2 Å². The van der Waals surface area contributed by atoms with Crippen LogP contribution in [-0.4, -0.2) is 37.3 Å². The van der Waals surface area contributed by atoms with E-state index < -0.39 is 10.0 Å². The number of hydrogen-bond donors (Lipinski definition) is 1. The van der Waals surface area contributed by atoms with Crippen molar-refractivity contribution >= 4 is 10.0 Å². The van der Waals surface area contributed by atoms with E-state index in [2.05, 4.69) is 4.98 Å². The molecule has 20 heavy (non-hydrogen) atoms. The number of aromatic nitrogens is 1. The van der Waals surface area contributed by atoms with Gasteiger partial charge in [0, 0.05) is 25.8 Å². The lowest BCUT2D eigenvalue weighted by Gasteiger charge is -2.21. The smallest absolute Gasteiger partial charge is 0.244 e. The molecule has 0 aromatic carbocycles. The molecule has 0 fully saturated rings. The number of nitriles is 1. The van der Waals surface area contributed by atoms with Crippen LogP contribution in [0.2, 0.25) is 0 Å². The number of nitrogens with zero attached hydrogens (tertiary/aromatic N) is 3. The van der Waals surface area contributed by atoms with Gasteiger partial charge in [0.15, 0.2) is 0 Å². The molecule has 0 aliphatic rings. The lowest BCUT2D eigenvalue weighted by atomic mass is 10.0.